The maximum absolute atomic E-state index is 12.3. The molecule has 0 spiro atoms. The monoisotopic (exact) mass is 260 g/mol. The molecule has 98 valence electrons. The predicted octanol–water partition coefficient (Wildman–Crippen LogP) is 3.46. The Kier molecular flexibility index (Phi) is 2.92. The van der Waals surface area contributed by atoms with E-state index in [1.807, 2.05) is 0 Å². The number of rotatable bonds is 2. The first-order valence-corrected chi connectivity index (χ1v) is 5.15. The Labute approximate surface area is 93.4 Å². The quantitative estimate of drug-likeness (QED) is 0.545. The van der Waals surface area contributed by atoms with Crippen molar-refractivity contribution in [3.63, 3.8) is 0 Å². The van der Waals surface area contributed by atoms with E-state index in [1.165, 1.54) is 0 Å². The number of hydrogen-bond donors (Lipinski definition) is 0. The molecular weight excluding hydrogens is 250 g/mol. The van der Waals surface area contributed by atoms with Crippen molar-refractivity contribution in [2.45, 2.75) is 37.4 Å². The van der Waals surface area contributed by atoms with Crippen molar-refractivity contribution in [2.24, 2.45) is 11.8 Å². The molecule has 1 nitrogen and oxygen atoms in total. The van der Waals surface area contributed by atoms with Crippen LogP contribution in [0.1, 0.15) is 12.8 Å². The second-order valence-corrected chi connectivity index (χ2v) is 4.39. The van der Waals surface area contributed by atoms with Crippen LogP contribution in [0.15, 0.2) is 12.2 Å². The van der Waals surface area contributed by atoms with Crippen LogP contribution in [-0.2, 0) is 4.74 Å². The summed E-state index contributed by atoms with van der Waals surface area (Å²) in [6.45, 7) is 0. The second kappa shape index (κ2) is 3.90. The van der Waals surface area contributed by atoms with Crippen LogP contribution < -0.4 is 0 Å². The van der Waals surface area contributed by atoms with Gasteiger partial charge in [-0.2, -0.15) is 26.3 Å². The zero-order chi connectivity index (χ0) is 12.8. The van der Waals surface area contributed by atoms with E-state index in [4.69, 9.17) is 4.74 Å². The Morgan fingerprint density at radius 1 is 1.06 bits per heavy atom. The van der Waals surface area contributed by atoms with Crippen LogP contribution >= 0.6 is 0 Å². The van der Waals surface area contributed by atoms with Gasteiger partial charge < -0.3 is 4.74 Å². The summed E-state index contributed by atoms with van der Waals surface area (Å²) in [7, 11) is 0. The van der Waals surface area contributed by atoms with E-state index >= 15 is 0 Å². The molecule has 0 N–H and O–H groups in total. The number of fused-ring (bicyclic) bond motifs is 2. The van der Waals surface area contributed by atoms with Crippen molar-refractivity contribution < 1.29 is 31.1 Å². The highest BCUT2D eigenvalue weighted by molar-refractivity contribution is 5.11. The van der Waals surface area contributed by atoms with Crippen molar-refractivity contribution in [3.05, 3.63) is 12.2 Å². The number of ether oxygens (including phenoxy) is 1. The van der Waals surface area contributed by atoms with Gasteiger partial charge in [0.05, 0.1) is 12.2 Å². The third-order valence-corrected chi connectivity index (χ3v) is 3.18. The summed E-state index contributed by atoms with van der Waals surface area (Å²) in [6.07, 6.45) is -8.88. The lowest BCUT2D eigenvalue weighted by Crippen LogP contribution is -2.38. The summed E-state index contributed by atoms with van der Waals surface area (Å²) in [5.74, 6) is -3.95. The van der Waals surface area contributed by atoms with Gasteiger partial charge in [0, 0.05) is 0 Å². The molecule has 0 aromatic heterocycles. The van der Waals surface area contributed by atoms with E-state index in [-0.39, 0.29) is 12.5 Å². The number of hydrogen-bond acceptors (Lipinski definition) is 1. The van der Waals surface area contributed by atoms with Crippen LogP contribution in [0.5, 0.6) is 0 Å². The molecular formula is C10H10F6O. The molecule has 17 heavy (non-hydrogen) atoms. The summed E-state index contributed by atoms with van der Waals surface area (Å²) < 4.78 is 79.2. The van der Waals surface area contributed by atoms with E-state index in [2.05, 4.69) is 0 Å². The highest BCUT2D eigenvalue weighted by Crippen LogP contribution is 2.47. The molecule has 1 saturated heterocycles. The van der Waals surface area contributed by atoms with E-state index in [0.717, 1.165) is 0 Å². The van der Waals surface area contributed by atoms with Crippen molar-refractivity contribution in [1.29, 1.82) is 0 Å². The first-order chi connectivity index (χ1) is 7.68. The summed E-state index contributed by atoms with van der Waals surface area (Å²) in [5, 5.41) is 0. The summed E-state index contributed by atoms with van der Waals surface area (Å²) >= 11 is 0. The minimum Gasteiger partial charge on any atom is -0.367 e. The molecule has 2 rings (SSSR count). The van der Waals surface area contributed by atoms with Crippen molar-refractivity contribution in [2.75, 3.05) is 0 Å². The van der Waals surface area contributed by atoms with Crippen molar-refractivity contribution in [3.8, 4) is 0 Å². The lowest BCUT2D eigenvalue weighted by atomic mass is 9.85. The Morgan fingerprint density at radius 3 is 2.00 bits per heavy atom. The molecule has 2 bridgehead atoms. The smallest absolute Gasteiger partial charge is 0.367 e. The second-order valence-electron chi connectivity index (χ2n) is 4.39. The lowest BCUT2D eigenvalue weighted by molar-refractivity contribution is -0.288. The van der Waals surface area contributed by atoms with Crippen LogP contribution in [-0.4, -0.2) is 24.6 Å². The molecule has 2 aliphatic heterocycles. The third kappa shape index (κ3) is 2.59. The van der Waals surface area contributed by atoms with Gasteiger partial charge in [0.2, 0.25) is 0 Å². The average Bonchev–Trinajstić information content (AvgIpc) is 2.70. The third-order valence-electron chi connectivity index (χ3n) is 3.18. The van der Waals surface area contributed by atoms with Crippen LogP contribution in [0, 0.1) is 11.8 Å². The Bertz CT molecular complexity index is 304. The molecule has 2 aliphatic rings. The van der Waals surface area contributed by atoms with Gasteiger partial charge in [0.15, 0.2) is 5.92 Å². The summed E-state index contributed by atoms with van der Waals surface area (Å²) in [5.41, 5.74) is 0. The van der Waals surface area contributed by atoms with Gasteiger partial charge in [-0.3, -0.25) is 0 Å². The predicted molar refractivity (Wildman–Crippen MR) is 46.1 cm³/mol. The van der Waals surface area contributed by atoms with Gasteiger partial charge in [-0.05, 0) is 18.8 Å². The van der Waals surface area contributed by atoms with E-state index in [9.17, 15) is 26.3 Å². The van der Waals surface area contributed by atoms with Gasteiger partial charge in [-0.25, -0.2) is 0 Å². The topological polar surface area (TPSA) is 9.23 Å². The van der Waals surface area contributed by atoms with E-state index < -0.39 is 36.7 Å². The van der Waals surface area contributed by atoms with Gasteiger partial charge >= 0.3 is 12.4 Å². The van der Waals surface area contributed by atoms with Gasteiger partial charge in [0.25, 0.3) is 0 Å². The zero-order valence-corrected chi connectivity index (χ0v) is 8.55. The van der Waals surface area contributed by atoms with Gasteiger partial charge in [-0.1, -0.05) is 12.2 Å². The van der Waals surface area contributed by atoms with Crippen LogP contribution in [0.4, 0.5) is 26.3 Å². The Morgan fingerprint density at radius 2 is 1.65 bits per heavy atom. The van der Waals surface area contributed by atoms with Gasteiger partial charge in [0.1, 0.15) is 0 Å². The molecule has 0 saturated carbocycles. The largest absolute Gasteiger partial charge is 0.400 e. The molecule has 1 fully saturated rings. The fourth-order valence-corrected chi connectivity index (χ4v) is 2.35. The van der Waals surface area contributed by atoms with Gasteiger partial charge in [-0.15, -0.1) is 0 Å². The molecule has 0 aromatic carbocycles. The summed E-state index contributed by atoms with van der Waals surface area (Å²) in [6, 6.07) is 0. The van der Waals surface area contributed by atoms with Crippen LogP contribution in [0.25, 0.3) is 0 Å². The lowest BCUT2D eigenvalue weighted by Gasteiger charge is -2.26. The molecule has 3 unspecified atom stereocenters. The normalized spacial score (nSPS) is 32.8. The minimum atomic E-state index is -5.25. The SMILES string of the molecule is FC(F)(F)C(CC1CC2C=CC1O2)C(F)(F)F. The molecule has 0 aromatic rings. The molecule has 0 radical (unpaired) electrons. The van der Waals surface area contributed by atoms with Crippen molar-refractivity contribution >= 4 is 0 Å². The zero-order valence-electron chi connectivity index (χ0n) is 8.55. The van der Waals surface area contributed by atoms with Crippen molar-refractivity contribution in [1.82, 2.24) is 0 Å². The van der Waals surface area contributed by atoms with E-state index in [1.54, 1.807) is 12.2 Å². The molecule has 2 heterocycles. The highest BCUT2D eigenvalue weighted by Gasteiger charge is 2.58. The Balaban J connectivity index is 2.06. The standard InChI is InChI=1S/C10H10F6O/c11-9(12,13)8(10(14,15)16)4-5-3-6-1-2-7(5)17-6/h1-2,5-8H,3-4H2. The Hall–Kier alpha value is -0.720. The molecule has 0 amide bonds. The first kappa shape index (κ1) is 12.7. The number of halogens is 6. The molecule has 7 heteroatoms. The maximum atomic E-state index is 12.3. The minimum absolute atomic E-state index is 0.240. The van der Waals surface area contributed by atoms with Crippen LogP contribution in [0.2, 0.25) is 0 Å². The average molecular weight is 260 g/mol. The maximum Gasteiger partial charge on any atom is 0.400 e. The van der Waals surface area contributed by atoms with E-state index in [0.29, 0.717) is 0 Å². The fraction of sp³-hybridized carbons (Fsp3) is 0.800. The summed E-state index contributed by atoms with van der Waals surface area (Å²) in [4.78, 5) is 0. The highest BCUT2D eigenvalue weighted by atomic mass is 19.4. The fourth-order valence-electron chi connectivity index (χ4n) is 2.35. The number of alkyl halides is 6. The molecule has 3 atom stereocenters. The van der Waals surface area contributed by atoms with Crippen LogP contribution in [0.3, 0.4) is 0 Å². The first-order valence-electron chi connectivity index (χ1n) is 5.15. The molecule has 0 aliphatic carbocycles.